The Kier molecular flexibility index (Phi) is 3.50. The molecule has 126 valence electrons. The van der Waals surface area contributed by atoms with Crippen molar-refractivity contribution in [2.45, 2.75) is 40.0 Å². The zero-order valence-electron chi connectivity index (χ0n) is 15.7. The minimum atomic E-state index is 0.148. The van der Waals surface area contributed by atoms with Crippen LogP contribution in [0, 0.1) is 13.8 Å². The van der Waals surface area contributed by atoms with E-state index in [0.717, 1.165) is 0 Å². The van der Waals surface area contributed by atoms with Gasteiger partial charge in [-0.2, -0.15) is 0 Å². The predicted octanol–water partition coefficient (Wildman–Crippen LogP) is 6.90. The molecule has 1 heteroatoms. The third kappa shape index (κ3) is 2.55. The summed E-state index contributed by atoms with van der Waals surface area (Å²) in [6, 6.07) is 19.9. The largest absolute Gasteiger partial charge is 0.354 e. The lowest BCUT2D eigenvalue weighted by atomic mass is 9.84. The molecule has 0 radical (unpaired) electrons. The SMILES string of the molecule is Cc1ccc(C(C)(C)C)cc1-c1[nH]c2c(ccc3ccccc32)c1C. The molecule has 3 aromatic carbocycles. The van der Waals surface area contributed by atoms with Gasteiger partial charge in [0.2, 0.25) is 0 Å². The third-order valence-corrected chi connectivity index (χ3v) is 5.33. The Morgan fingerprint density at radius 3 is 2.32 bits per heavy atom. The maximum atomic E-state index is 3.74. The van der Waals surface area contributed by atoms with Crippen LogP contribution in [-0.4, -0.2) is 4.98 Å². The molecule has 0 bridgehead atoms. The second-order valence-corrected chi connectivity index (χ2v) is 8.11. The fourth-order valence-corrected chi connectivity index (χ4v) is 3.70. The Morgan fingerprint density at radius 2 is 1.56 bits per heavy atom. The fraction of sp³-hybridized carbons (Fsp3) is 0.250. The molecule has 0 aliphatic heterocycles. The lowest BCUT2D eigenvalue weighted by Crippen LogP contribution is -2.11. The number of aryl methyl sites for hydroxylation is 2. The Bertz CT molecular complexity index is 1090. The standard InChI is InChI=1S/C24H25N/c1-15-10-12-18(24(3,4)5)14-21(15)22-16(2)19-13-11-17-8-6-7-9-20(17)23(19)25-22/h6-14,25H,1-5H3. The van der Waals surface area contributed by atoms with Crippen molar-refractivity contribution >= 4 is 21.7 Å². The molecule has 0 atom stereocenters. The normalized spacial score (nSPS) is 12.2. The molecule has 0 amide bonds. The second kappa shape index (κ2) is 5.49. The molecule has 1 nitrogen and oxygen atoms in total. The van der Waals surface area contributed by atoms with Gasteiger partial charge in [-0.25, -0.2) is 0 Å². The van der Waals surface area contributed by atoms with Gasteiger partial charge < -0.3 is 4.98 Å². The highest BCUT2D eigenvalue weighted by atomic mass is 14.7. The van der Waals surface area contributed by atoms with E-state index in [9.17, 15) is 0 Å². The van der Waals surface area contributed by atoms with Gasteiger partial charge in [-0.05, 0) is 47.4 Å². The van der Waals surface area contributed by atoms with Gasteiger partial charge in [0.1, 0.15) is 0 Å². The first-order valence-electron chi connectivity index (χ1n) is 8.98. The van der Waals surface area contributed by atoms with Crippen molar-refractivity contribution in [3.8, 4) is 11.3 Å². The smallest absolute Gasteiger partial charge is 0.0541 e. The number of aromatic nitrogens is 1. The van der Waals surface area contributed by atoms with Crippen LogP contribution in [-0.2, 0) is 5.41 Å². The van der Waals surface area contributed by atoms with Gasteiger partial charge in [-0.15, -0.1) is 0 Å². The molecule has 1 aromatic heterocycles. The quantitative estimate of drug-likeness (QED) is 0.391. The van der Waals surface area contributed by atoms with Gasteiger partial charge in [0.15, 0.2) is 0 Å². The van der Waals surface area contributed by atoms with Crippen molar-refractivity contribution in [3.05, 3.63) is 71.3 Å². The fourth-order valence-electron chi connectivity index (χ4n) is 3.70. The zero-order chi connectivity index (χ0) is 17.8. The predicted molar refractivity (Wildman–Crippen MR) is 109 cm³/mol. The summed E-state index contributed by atoms with van der Waals surface area (Å²) in [7, 11) is 0. The monoisotopic (exact) mass is 327 g/mol. The van der Waals surface area contributed by atoms with Crippen LogP contribution < -0.4 is 0 Å². The molecule has 25 heavy (non-hydrogen) atoms. The summed E-state index contributed by atoms with van der Waals surface area (Å²) in [5, 5.41) is 3.89. The highest BCUT2D eigenvalue weighted by Gasteiger charge is 2.18. The maximum absolute atomic E-state index is 3.74. The van der Waals surface area contributed by atoms with Crippen molar-refractivity contribution in [1.82, 2.24) is 4.98 Å². The van der Waals surface area contributed by atoms with Gasteiger partial charge in [0, 0.05) is 22.0 Å². The molecule has 4 aromatic rings. The van der Waals surface area contributed by atoms with E-state index in [-0.39, 0.29) is 5.41 Å². The van der Waals surface area contributed by atoms with Crippen LogP contribution >= 0.6 is 0 Å². The Labute approximate surface area is 149 Å². The first kappa shape index (κ1) is 16.0. The highest BCUT2D eigenvalue weighted by molar-refractivity contribution is 6.08. The van der Waals surface area contributed by atoms with Crippen LogP contribution in [0.5, 0.6) is 0 Å². The average molecular weight is 327 g/mol. The maximum Gasteiger partial charge on any atom is 0.0541 e. The number of fused-ring (bicyclic) bond motifs is 3. The minimum Gasteiger partial charge on any atom is -0.354 e. The summed E-state index contributed by atoms with van der Waals surface area (Å²) in [5.74, 6) is 0. The van der Waals surface area contributed by atoms with Gasteiger partial charge in [0.05, 0.1) is 5.52 Å². The molecular formula is C24H25N. The van der Waals surface area contributed by atoms with Crippen molar-refractivity contribution in [2.24, 2.45) is 0 Å². The van der Waals surface area contributed by atoms with E-state index in [1.54, 1.807) is 0 Å². The number of hydrogen-bond acceptors (Lipinski definition) is 0. The van der Waals surface area contributed by atoms with E-state index in [0.29, 0.717) is 0 Å². The second-order valence-electron chi connectivity index (χ2n) is 8.11. The van der Waals surface area contributed by atoms with E-state index < -0.39 is 0 Å². The molecular weight excluding hydrogens is 302 g/mol. The summed E-state index contributed by atoms with van der Waals surface area (Å²) < 4.78 is 0. The third-order valence-electron chi connectivity index (χ3n) is 5.33. The van der Waals surface area contributed by atoms with Gasteiger partial charge in [-0.1, -0.05) is 69.3 Å². The zero-order valence-corrected chi connectivity index (χ0v) is 15.7. The van der Waals surface area contributed by atoms with Crippen molar-refractivity contribution < 1.29 is 0 Å². The summed E-state index contributed by atoms with van der Waals surface area (Å²) in [4.78, 5) is 3.74. The number of aromatic amines is 1. The van der Waals surface area contributed by atoms with Crippen molar-refractivity contribution in [1.29, 1.82) is 0 Å². The Morgan fingerprint density at radius 1 is 0.800 bits per heavy atom. The average Bonchev–Trinajstić information content (AvgIpc) is 2.91. The molecule has 1 N–H and O–H groups in total. The van der Waals surface area contributed by atoms with E-state index in [1.807, 2.05) is 0 Å². The molecule has 0 aliphatic carbocycles. The number of rotatable bonds is 1. The van der Waals surface area contributed by atoms with Crippen LogP contribution in [0.4, 0.5) is 0 Å². The lowest BCUT2D eigenvalue weighted by Gasteiger charge is -2.21. The Balaban J connectivity index is 2.02. The van der Waals surface area contributed by atoms with E-state index in [4.69, 9.17) is 0 Å². The van der Waals surface area contributed by atoms with Crippen LogP contribution in [0.2, 0.25) is 0 Å². The highest BCUT2D eigenvalue weighted by Crippen LogP contribution is 2.36. The Hall–Kier alpha value is -2.54. The van der Waals surface area contributed by atoms with Gasteiger partial charge >= 0.3 is 0 Å². The molecule has 4 rings (SSSR count). The number of nitrogens with one attached hydrogen (secondary N) is 1. The summed E-state index contributed by atoms with van der Waals surface area (Å²) >= 11 is 0. The van der Waals surface area contributed by atoms with Crippen molar-refractivity contribution in [2.75, 3.05) is 0 Å². The van der Waals surface area contributed by atoms with Gasteiger partial charge in [0.25, 0.3) is 0 Å². The van der Waals surface area contributed by atoms with E-state index in [1.165, 1.54) is 49.6 Å². The van der Waals surface area contributed by atoms with Crippen LogP contribution in [0.1, 0.15) is 37.5 Å². The lowest BCUT2D eigenvalue weighted by molar-refractivity contribution is 0.590. The summed E-state index contributed by atoms with van der Waals surface area (Å²) in [6.07, 6.45) is 0. The molecule has 0 unspecified atom stereocenters. The molecule has 1 heterocycles. The van der Waals surface area contributed by atoms with E-state index in [2.05, 4.69) is 94.2 Å². The molecule has 0 saturated heterocycles. The van der Waals surface area contributed by atoms with Gasteiger partial charge in [-0.3, -0.25) is 0 Å². The summed E-state index contributed by atoms with van der Waals surface area (Å²) in [5.41, 5.74) is 7.96. The molecule has 0 fully saturated rings. The van der Waals surface area contributed by atoms with Crippen LogP contribution in [0.15, 0.2) is 54.6 Å². The number of benzene rings is 3. The van der Waals surface area contributed by atoms with Crippen LogP contribution in [0.3, 0.4) is 0 Å². The van der Waals surface area contributed by atoms with Crippen LogP contribution in [0.25, 0.3) is 32.9 Å². The molecule has 0 spiro atoms. The minimum absolute atomic E-state index is 0.148. The van der Waals surface area contributed by atoms with E-state index >= 15 is 0 Å². The number of hydrogen-bond donors (Lipinski definition) is 1. The molecule has 0 aliphatic rings. The first-order valence-corrected chi connectivity index (χ1v) is 8.98. The first-order chi connectivity index (χ1) is 11.9. The number of H-pyrrole nitrogens is 1. The summed E-state index contributed by atoms with van der Waals surface area (Å²) in [6.45, 7) is 11.2. The molecule has 0 saturated carbocycles. The topological polar surface area (TPSA) is 15.8 Å². The van der Waals surface area contributed by atoms with Crippen molar-refractivity contribution in [3.63, 3.8) is 0 Å².